The molecule has 0 radical (unpaired) electrons. The molecular weight excluding hydrogens is 402 g/mol. The van der Waals surface area contributed by atoms with Gasteiger partial charge < -0.3 is 10.1 Å². The van der Waals surface area contributed by atoms with Crippen LogP contribution in [0.5, 0.6) is 5.88 Å². The van der Waals surface area contributed by atoms with E-state index in [0.717, 1.165) is 12.1 Å². The second-order valence-corrected chi connectivity index (χ2v) is 6.48. The van der Waals surface area contributed by atoms with Gasteiger partial charge in [0.25, 0.3) is 5.91 Å². The summed E-state index contributed by atoms with van der Waals surface area (Å²) >= 11 is 6.18. The summed E-state index contributed by atoms with van der Waals surface area (Å²) in [4.78, 5) is 16.9. The van der Waals surface area contributed by atoms with E-state index in [4.69, 9.17) is 16.3 Å². The Morgan fingerprint density at radius 1 is 1.14 bits per heavy atom. The van der Waals surface area contributed by atoms with Crippen molar-refractivity contribution in [2.24, 2.45) is 0 Å². The number of halogens is 3. The molecular formula is C20H13ClF2N4O2. The van der Waals surface area contributed by atoms with E-state index in [2.05, 4.69) is 15.4 Å². The van der Waals surface area contributed by atoms with Crippen LogP contribution in [0.15, 0.2) is 54.7 Å². The molecule has 2 heterocycles. The van der Waals surface area contributed by atoms with Gasteiger partial charge in [-0.15, -0.1) is 5.10 Å². The Kier molecular flexibility index (Phi) is 4.85. The van der Waals surface area contributed by atoms with Crippen molar-refractivity contribution in [3.05, 3.63) is 76.9 Å². The number of fused-ring (bicyclic) bond motifs is 1. The minimum atomic E-state index is -0.963. The Morgan fingerprint density at radius 3 is 2.72 bits per heavy atom. The fraction of sp³-hybridized carbons (Fsp3) is 0.0500. The number of aromatic nitrogens is 3. The third-order valence-electron chi connectivity index (χ3n) is 4.19. The van der Waals surface area contributed by atoms with E-state index < -0.39 is 17.5 Å². The summed E-state index contributed by atoms with van der Waals surface area (Å²) in [7, 11) is 1.52. The first-order chi connectivity index (χ1) is 13.9. The summed E-state index contributed by atoms with van der Waals surface area (Å²) in [5.41, 5.74) is 1.83. The highest BCUT2D eigenvalue weighted by Crippen LogP contribution is 2.29. The molecule has 0 fully saturated rings. The first-order valence-electron chi connectivity index (χ1n) is 8.41. The molecule has 0 unspecified atom stereocenters. The maximum atomic E-state index is 13.9. The van der Waals surface area contributed by atoms with Gasteiger partial charge in [0.1, 0.15) is 11.6 Å². The van der Waals surface area contributed by atoms with Crippen molar-refractivity contribution < 1.29 is 18.3 Å². The molecule has 0 aliphatic rings. The van der Waals surface area contributed by atoms with Gasteiger partial charge >= 0.3 is 0 Å². The van der Waals surface area contributed by atoms with Crippen molar-refractivity contribution in [2.75, 3.05) is 12.4 Å². The Labute approximate surface area is 168 Å². The van der Waals surface area contributed by atoms with Crippen LogP contribution in [-0.4, -0.2) is 27.6 Å². The summed E-state index contributed by atoms with van der Waals surface area (Å²) in [5, 5.41) is 7.05. The van der Waals surface area contributed by atoms with Gasteiger partial charge in [0.2, 0.25) is 5.88 Å². The minimum Gasteiger partial charge on any atom is -0.480 e. The maximum Gasteiger partial charge on any atom is 0.258 e. The molecule has 0 aliphatic carbocycles. The zero-order valence-corrected chi connectivity index (χ0v) is 15.7. The highest BCUT2D eigenvalue weighted by Gasteiger charge is 2.15. The predicted octanol–water partition coefficient (Wildman–Crippen LogP) is 4.59. The van der Waals surface area contributed by atoms with Gasteiger partial charge in [-0.2, -0.15) is 0 Å². The average molecular weight is 415 g/mol. The van der Waals surface area contributed by atoms with Crippen molar-refractivity contribution in [2.45, 2.75) is 0 Å². The molecule has 29 heavy (non-hydrogen) atoms. The Bertz CT molecular complexity index is 1240. The summed E-state index contributed by atoms with van der Waals surface area (Å²) in [6.07, 6.45) is 1.70. The molecule has 0 saturated carbocycles. The fourth-order valence-corrected chi connectivity index (χ4v) is 2.92. The van der Waals surface area contributed by atoms with Gasteiger partial charge in [0.15, 0.2) is 5.65 Å². The Hall–Kier alpha value is -3.52. The molecule has 2 aromatic carbocycles. The van der Waals surface area contributed by atoms with Gasteiger partial charge in [0, 0.05) is 17.7 Å². The van der Waals surface area contributed by atoms with E-state index in [9.17, 15) is 13.6 Å². The van der Waals surface area contributed by atoms with E-state index in [0.29, 0.717) is 28.9 Å². The SMILES string of the molecule is COc1ccc2nc(-c3ccc(Cl)c(NC(=O)c4ccc(F)cc4F)c3)cn2n1. The molecule has 0 bridgehead atoms. The van der Waals surface area contributed by atoms with Crippen LogP contribution < -0.4 is 10.1 Å². The van der Waals surface area contributed by atoms with E-state index in [1.54, 1.807) is 41.0 Å². The lowest BCUT2D eigenvalue weighted by Crippen LogP contribution is -2.14. The number of benzene rings is 2. The average Bonchev–Trinajstić information content (AvgIpc) is 3.12. The first-order valence-corrected chi connectivity index (χ1v) is 8.79. The molecule has 0 spiro atoms. The standard InChI is InChI=1S/C20H13ClF2N4O2/c1-29-19-7-6-18-24-17(10-27(18)26-19)11-2-5-14(21)16(8-11)25-20(28)13-4-3-12(22)9-15(13)23/h2-10H,1H3,(H,25,28). The highest BCUT2D eigenvalue weighted by atomic mass is 35.5. The number of amides is 1. The van der Waals surface area contributed by atoms with Crippen molar-refractivity contribution in [1.82, 2.24) is 14.6 Å². The number of nitrogens with one attached hydrogen (secondary N) is 1. The lowest BCUT2D eigenvalue weighted by Gasteiger charge is -2.09. The monoisotopic (exact) mass is 414 g/mol. The number of hydrogen-bond acceptors (Lipinski definition) is 4. The molecule has 4 rings (SSSR count). The number of hydrogen-bond donors (Lipinski definition) is 1. The molecule has 4 aromatic rings. The van der Waals surface area contributed by atoms with E-state index in [-0.39, 0.29) is 16.3 Å². The molecule has 0 aliphatic heterocycles. The second-order valence-electron chi connectivity index (χ2n) is 6.08. The number of rotatable bonds is 4. The molecule has 2 aromatic heterocycles. The van der Waals surface area contributed by atoms with Crippen molar-refractivity contribution in [3.63, 3.8) is 0 Å². The Morgan fingerprint density at radius 2 is 1.97 bits per heavy atom. The fourth-order valence-electron chi connectivity index (χ4n) is 2.76. The van der Waals surface area contributed by atoms with Crippen LogP contribution in [0.3, 0.4) is 0 Å². The molecule has 0 saturated heterocycles. The van der Waals surface area contributed by atoms with Crippen LogP contribution in [0.25, 0.3) is 16.9 Å². The van der Waals surface area contributed by atoms with Gasteiger partial charge in [-0.1, -0.05) is 17.7 Å². The van der Waals surface area contributed by atoms with Crippen LogP contribution >= 0.6 is 11.6 Å². The quantitative estimate of drug-likeness (QED) is 0.530. The molecule has 6 nitrogen and oxygen atoms in total. The summed E-state index contributed by atoms with van der Waals surface area (Å²) < 4.78 is 33.6. The van der Waals surface area contributed by atoms with Crippen LogP contribution in [0.4, 0.5) is 14.5 Å². The summed E-state index contributed by atoms with van der Waals surface area (Å²) in [5.74, 6) is -2.04. The Balaban J connectivity index is 1.66. The van der Waals surface area contributed by atoms with E-state index in [1.807, 2.05) is 0 Å². The molecule has 1 N–H and O–H groups in total. The summed E-state index contributed by atoms with van der Waals surface area (Å²) in [6, 6.07) is 11.1. The normalized spacial score (nSPS) is 10.9. The van der Waals surface area contributed by atoms with Crippen LogP contribution in [0, 0.1) is 11.6 Å². The van der Waals surface area contributed by atoms with Gasteiger partial charge in [-0.05, 0) is 30.3 Å². The lowest BCUT2D eigenvalue weighted by molar-refractivity contribution is 0.102. The number of nitrogens with zero attached hydrogens (tertiary/aromatic N) is 3. The third kappa shape index (κ3) is 3.74. The van der Waals surface area contributed by atoms with E-state index >= 15 is 0 Å². The smallest absolute Gasteiger partial charge is 0.258 e. The van der Waals surface area contributed by atoms with E-state index in [1.165, 1.54) is 7.11 Å². The van der Waals surface area contributed by atoms with Crippen LogP contribution in [0.1, 0.15) is 10.4 Å². The number of imidazole rings is 1. The molecule has 1 amide bonds. The second kappa shape index (κ2) is 7.48. The maximum absolute atomic E-state index is 13.9. The number of methoxy groups -OCH3 is 1. The lowest BCUT2D eigenvalue weighted by atomic mass is 10.1. The number of carbonyl (C=O) groups is 1. The van der Waals surface area contributed by atoms with Crippen molar-refractivity contribution in [3.8, 4) is 17.1 Å². The van der Waals surface area contributed by atoms with Crippen LogP contribution in [-0.2, 0) is 0 Å². The molecule has 146 valence electrons. The van der Waals surface area contributed by atoms with Crippen molar-refractivity contribution >= 4 is 28.8 Å². The van der Waals surface area contributed by atoms with Crippen molar-refractivity contribution in [1.29, 1.82) is 0 Å². The van der Waals surface area contributed by atoms with Gasteiger partial charge in [0.05, 0.1) is 35.3 Å². The number of anilines is 1. The first kappa shape index (κ1) is 18.8. The topological polar surface area (TPSA) is 68.5 Å². The van der Waals surface area contributed by atoms with Gasteiger partial charge in [-0.3, -0.25) is 4.79 Å². The summed E-state index contributed by atoms with van der Waals surface area (Å²) in [6.45, 7) is 0. The van der Waals surface area contributed by atoms with Gasteiger partial charge in [-0.25, -0.2) is 18.3 Å². The zero-order valence-electron chi connectivity index (χ0n) is 15.0. The number of ether oxygens (including phenoxy) is 1. The largest absolute Gasteiger partial charge is 0.480 e. The van der Waals surface area contributed by atoms with Crippen LogP contribution in [0.2, 0.25) is 5.02 Å². The zero-order chi connectivity index (χ0) is 20.5. The third-order valence-corrected chi connectivity index (χ3v) is 4.52. The number of carbonyl (C=O) groups excluding carboxylic acids is 1. The highest BCUT2D eigenvalue weighted by molar-refractivity contribution is 6.34. The minimum absolute atomic E-state index is 0.258. The molecule has 0 atom stereocenters. The molecule has 9 heteroatoms. The predicted molar refractivity (Wildman–Crippen MR) is 104 cm³/mol.